The minimum Gasteiger partial charge on any atom is -0.465 e. The molecule has 0 radical (unpaired) electrons. The maximum Gasteiger partial charge on any atom is 0.343 e. The molecule has 0 saturated heterocycles. The van der Waals surface area contributed by atoms with Crippen LogP contribution in [0.1, 0.15) is 15.9 Å². The SMILES string of the molecule is COC(=O)c1cccn(-c2ccc(F)cc2C)c1=O. The van der Waals surface area contributed by atoms with Crippen molar-refractivity contribution in [3.63, 3.8) is 0 Å². The first-order chi connectivity index (χ1) is 9.04. The van der Waals surface area contributed by atoms with Crippen LogP contribution < -0.4 is 5.56 Å². The van der Waals surface area contributed by atoms with E-state index in [2.05, 4.69) is 4.74 Å². The third-order valence-electron chi connectivity index (χ3n) is 2.77. The third kappa shape index (κ3) is 2.40. The first kappa shape index (κ1) is 13.0. The number of nitrogens with zero attached hydrogens (tertiary/aromatic N) is 1. The number of carbonyl (C=O) groups excluding carboxylic acids is 1. The van der Waals surface area contributed by atoms with Crippen molar-refractivity contribution in [3.05, 3.63) is 63.8 Å². The first-order valence-electron chi connectivity index (χ1n) is 5.61. The van der Waals surface area contributed by atoms with Gasteiger partial charge in [0, 0.05) is 6.20 Å². The average molecular weight is 261 g/mol. The smallest absolute Gasteiger partial charge is 0.343 e. The molecule has 4 nitrogen and oxygen atoms in total. The quantitative estimate of drug-likeness (QED) is 0.777. The molecule has 0 fully saturated rings. The maximum absolute atomic E-state index is 13.1. The van der Waals surface area contributed by atoms with Gasteiger partial charge in [0.25, 0.3) is 5.56 Å². The van der Waals surface area contributed by atoms with Crippen molar-refractivity contribution in [1.82, 2.24) is 4.57 Å². The summed E-state index contributed by atoms with van der Waals surface area (Å²) in [5, 5.41) is 0. The zero-order valence-corrected chi connectivity index (χ0v) is 10.5. The third-order valence-corrected chi connectivity index (χ3v) is 2.77. The molecule has 0 N–H and O–H groups in total. The van der Waals surface area contributed by atoms with Crippen LogP contribution in [0.2, 0.25) is 0 Å². The molecule has 0 aliphatic heterocycles. The number of halogens is 1. The summed E-state index contributed by atoms with van der Waals surface area (Å²) in [5.41, 5.74) is 0.569. The number of esters is 1. The number of rotatable bonds is 2. The summed E-state index contributed by atoms with van der Waals surface area (Å²) in [6.07, 6.45) is 1.52. The predicted octanol–water partition coefficient (Wildman–Crippen LogP) is 2.07. The summed E-state index contributed by atoms with van der Waals surface area (Å²) in [6.45, 7) is 1.69. The molecule has 0 spiro atoms. The Morgan fingerprint density at radius 3 is 2.68 bits per heavy atom. The molecule has 1 heterocycles. The predicted molar refractivity (Wildman–Crippen MR) is 68.1 cm³/mol. The van der Waals surface area contributed by atoms with E-state index < -0.39 is 11.5 Å². The summed E-state index contributed by atoms with van der Waals surface area (Å²) < 4.78 is 18.9. The van der Waals surface area contributed by atoms with E-state index in [4.69, 9.17) is 0 Å². The molecule has 98 valence electrons. The lowest BCUT2D eigenvalue weighted by molar-refractivity contribution is 0.0598. The number of hydrogen-bond donors (Lipinski definition) is 0. The normalized spacial score (nSPS) is 10.3. The van der Waals surface area contributed by atoms with Crippen LogP contribution in [0.5, 0.6) is 0 Å². The summed E-state index contributed by atoms with van der Waals surface area (Å²) >= 11 is 0. The second-order valence-corrected chi connectivity index (χ2v) is 4.02. The van der Waals surface area contributed by atoms with Crippen molar-refractivity contribution < 1.29 is 13.9 Å². The molecule has 1 aromatic heterocycles. The van der Waals surface area contributed by atoms with E-state index in [1.54, 1.807) is 13.0 Å². The topological polar surface area (TPSA) is 48.3 Å². The molecule has 1 aromatic carbocycles. The van der Waals surface area contributed by atoms with Crippen molar-refractivity contribution in [2.75, 3.05) is 7.11 Å². The summed E-state index contributed by atoms with van der Waals surface area (Å²) in [7, 11) is 1.21. The van der Waals surface area contributed by atoms with Gasteiger partial charge in [-0.2, -0.15) is 0 Å². The van der Waals surface area contributed by atoms with Gasteiger partial charge in [0.1, 0.15) is 11.4 Å². The average Bonchev–Trinajstić information content (AvgIpc) is 2.39. The number of carbonyl (C=O) groups is 1. The van der Waals surface area contributed by atoms with E-state index in [0.717, 1.165) is 0 Å². The fourth-order valence-corrected chi connectivity index (χ4v) is 1.84. The van der Waals surface area contributed by atoms with Gasteiger partial charge in [0.15, 0.2) is 0 Å². The Morgan fingerprint density at radius 2 is 2.05 bits per heavy atom. The van der Waals surface area contributed by atoms with E-state index in [1.165, 1.54) is 42.1 Å². The molecular formula is C14H12FNO3. The highest BCUT2D eigenvalue weighted by Crippen LogP contribution is 2.13. The van der Waals surface area contributed by atoms with E-state index >= 15 is 0 Å². The molecule has 2 rings (SSSR count). The molecule has 19 heavy (non-hydrogen) atoms. The molecule has 0 aliphatic carbocycles. The van der Waals surface area contributed by atoms with Gasteiger partial charge >= 0.3 is 5.97 Å². The molecule has 5 heteroatoms. The molecule has 0 aliphatic rings. The van der Waals surface area contributed by atoms with Gasteiger partial charge in [-0.25, -0.2) is 9.18 Å². The zero-order chi connectivity index (χ0) is 14.0. The number of aromatic nitrogens is 1. The van der Waals surface area contributed by atoms with Crippen LogP contribution in [-0.2, 0) is 4.74 Å². The number of methoxy groups -OCH3 is 1. The fraction of sp³-hybridized carbons (Fsp3) is 0.143. The van der Waals surface area contributed by atoms with E-state index in [9.17, 15) is 14.0 Å². The van der Waals surface area contributed by atoms with Crippen molar-refractivity contribution in [1.29, 1.82) is 0 Å². The van der Waals surface area contributed by atoms with E-state index in [1.807, 2.05) is 0 Å². The van der Waals surface area contributed by atoms with Gasteiger partial charge in [-0.1, -0.05) is 0 Å². The maximum atomic E-state index is 13.1. The summed E-state index contributed by atoms with van der Waals surface area (Å²) in [5.74, 6) is -1.07. The number of aryl methyl sites for hydroxylation is 1. The summed E-state index contributed by atoms with van der Waals surface area (Å²) in [4.78, 5) is 23.6. The molecular weight excluding hydrogens is 249 g/mol. The lowest BCUT2D eigenvalue weighted by Gasteiger charge is -2.10. The van der Waals surface area contributed by atoms with Crippen LogP contribution >= 0.6 is 0 Å². The van der Waals surface area contributed by atoms with Gasteiger partial charge in [-0.15, -0.1) is 0 Å². The highest BCUT2D eigenvalue weighted by molar-refractivity contribution is 5.88. The number of hydrogen-bond acceptors (Lipinski definition) is 3. The van der Waals surface area contributed by atoms with Gasteiger partial charge in [-0.05, 0) is 42.8 Å². The van der Waals surface area contributed by atoms with Crippen molar-refractivity contribution >= 4 is 5.97 Å². The fourth-order valence-electron chi connectivity index (χ4n) is 1.84. The van der Waals surface area contributed by atoms with E-state index in [0.29, 0.717) is 11.3 Å². The van der Waals surface area contributed by atoms with Crippen LogP contribution in [0.15, 0.2) is 41.3 Å². The highest BCUT2D eigenvalue weighted by atomic mass is 19.1. The van der Waals surface area contributed by atoms with Crippen molar-refractivity contribution in [2.24, 2.45) is 0 Å². The Bertz CT molecular complexity index is 691. The van der Waals surface area contributed by atoms with Crippen LogP contribution in [0.25, 0.3) is 5.69 Å². The lowest BCUT2D eigenvalue weighted by atomic mass is 10.2. The van der Waals surface area contributed by atoms with Crippen molar-refractivity contribution in [3.8, 4) is 5.69 Å². The monoisotopic (exact) mass is 261 g/mol. The van der Waals surface area contributed by atoms with Gasteiger partial charge in [0.05, 0.1) is 12.8 Å². The van der Waals surface area contributed by atoms with Crippen LogP contribution in [0.4, 0.5) is 4.39 Å². The second-order valence-electron chi connectivity index (χ2n) is 4.02. The largest absolute Gasteiger partial charge is 0.465 e. The van der Waals surface area contributed by atoms with Crippen molar-refractivity contribution in [2.45, 2.75) is 6.92 Å². The minimum atomic E-state index is -0.695. The molecule has 0 atom stereocenters. The Morgan fingerprint density at radius 1 is 1.32 bits per heavy atom. The summed E-state index contributed by atoms with van der Waals surface area (Å²) in [6, 6.07) is 7.04. The number of pyridine rings is 1. The Labute approximate surface area is 109 Å². The molecule has 0 amide bonds. The molecule has 0 saturated carbocycles. The van der Waals surface area contributed by atoms with Crippen LogP contribution in [-0.4, -0.2) is 17.6 Å². The standard InChI is InChI=1S/C14H12FNO3/c1-9-8-10(15)5-6-12(9)16-7-3-4-11(13(16)17)14(18)19-2/h3-8H,1-2H3. The number of ether oxygens (including phenoxy) is 1. The van der Waals surface area contributed by atoms with Crippen LogP contribution in [0.3, 0.4) is 0 Å². The second kappa shape index (κ2) is 5.06. The molecule has 0 bridgehead atoms. The Balaban J connectivity index is 2.64. The van der Waals surface area contributed by atoms with Gasteiger partial charge < -0.3 is 4.74 Å². The lowest BCUT2D eigenvalue weighted by Crippen LogP contribution is -2.25. The molecule has 0 unspecified atom stereocenters. The Hall–Kier alpha value is -2.43. The first-order valence-corrected chi connectivity index (χ1v) is 5.61. The van der Waals surface area contributed by atoms with E-state index in [-0.39, 0.29) is 11.4 Å². The minimum absolute atomic E-state index is 0.0614. The molecule has 2 aromatic rings. The van der Waals surface area contributed by atoms with Gasteiger partial charge in [0.2, 0.25) is 0 Å². The number of benzene rings is 1. The zero-order valence-electron chi connectivity index (χ0n) is 10.5. The van der Waals surface area contributed by atoms with Crippen LogP contribution in [0, 0.1) is 12.7 Å². The highest BCUT2D eigenvalue weighted by Gasteiger charge is 2.13. The van der Waals surface area contributed by atoms with Gasteiger partial charge in [-0.3, -0.25) is 9.36 Å². The Kier molecular flexibility index (Phi) is 3.46.